The van der Waals surface area contributed by atoms with Crippen LogP contribution in [-0.2, 0) is 10.3 Å². The summed E-state index contributed by atoms with van der Waals surface area (Å²) in [7, 11) is 1.87. The van der Waals surface area contributed by atoms with Crippen LogP contribution in [0.1, 0.15) is 42.6 Å². The molecule has 1 atom stereocenters. The van der Waals surface area contributed by atoms with Crippen molar-refractivity contribution in [1.82, 2.24) is 10.2 Å². The first kappa shape index (κ1) is 21.4. The highest BCUT2D eigenvalue weighted by Crippen LogP contribution is 2.51. The van der Waals surface area contributed by atoms with Crippen LogP contribution in [0.3, 0.4) is 0 Å². The number of piperidine rings is 1. The fourth-order valence-electron chi connectivity index (χ4n) is 4.53. The summed E-state index contributed by atoms with van der Waals surface area (Å²) in [6.45, 7) is 4.89. The molecule has 1 fully saturated rings. The average molecular weight is 444 g/mol. The molecular weight excluding hydrogens is 417 g/mol. The maximum atomic E-state index is 6.80. The van der Waals surface area contributed by atoms with Gasteiger partial charge in [-0.15, -0.1) is 0 Å². The van der Waals surface area contributed by atoms with Gasteiger partial charge in [0.25, 0.3) is 0 Å². The Morgan fingerprint density at radius 1 is 1.20 bits per heavy atom. The number of fused-ring (bicyclic) bond motifs is 2. The van der Waals surface area contributed by atoms with Crippen molar-refractivity contribution in [3.8, 4) is 0 Å². The SMILES string of the molecule is CN/C=C\N=C(C)CN1CCC2(CC1)OC(c1cc(Cl)cc(Cl)c1)c1ccccc12. The van der Waals surface area contributed by atoms with Crippen LogP contribution < -0.4 is 5.32 Å². The number of ether oxygens (including phenoxy) is 1. The molecule has 1 N–H and O–H groups in total. The second kappa shape index (κ2) is 9.11. The van der Waals surface area contributed by atoms with Gasteiger partial charge in [0, 0.05) is 54.8 Å². The molecule has 0 bridgehead atoms. The molecule has 0 aliphatic carbocycles. The molecule has 2 aromatic carbocycles. The molecule has 4 nitrogen and oxygen atoms in total. The Morgan fingerprint density at radius 2 is 1.90 bits per heavy atom. The Morgan fingerprint density at radius 3 is 2.60 bits per heavy atom. The van der Waals surface area contributed by atoms with Crippen LogP contribution in [0.5, 0.6) is 0 Å². The van der Waals surface area contributed by atoms with Gasteiger partial charge in [-0.1, -0.05) is 47.5 Å². The van der Waals surface area contributed by atoms with E-state index in [1.807, 2.05) is 25.4 Å². The van der Waals surface area contributed by atoms with Crippen molar-refractivity contribution in [1.29, 1.82) is 0 Å². The molecule has 2 heterocycles. The van der Waals surface area contributed by atoms with Gasteiger partial charge < -0.3 is 10.1 Å². The number of benzene rings is 2. The van der Waals surface area contributed by atoms with Gasteiger partial charge in [0.15, 0.2) is 0 Å². The van der Waals surface area contributed by atoms with E-state index in [2.05, 4.69) is 46.4 Å². The second-order valence-corrected chi connectivity index (χ2v) is 8.90. The monoisotopic (exact) mass is 443 g/mol. The fourth-order valence-corrected chi connectivity index (χ4v) is 5.07. The van der Waals surface area contributed by atoms with Crippen molar-refractivity contribution in [2.75, 3.05) is 26.7 Å². The quantitative estimate of drug-likeness (QED) is 0.614. The minimum absolute atomic E-state index is 0.140. The van der Waals surface area contributed by atoms with Gasteiger partial charge in [-0.25, -0.2) is 0 Å². The van der Waals surface area contributed by atoms with E-state index >= 15 is 0 Å². The molecular formula is C24H27Cl2N3O. The maximum Gasteiger partial charge on any atom is 0.109 e. The summed E-state index contributed by atoms with van der Waals surface area (Å²) in [6, 6.07) is 14.2. The number of aliphatic imine (C=N–C) groups is 1. The predicted molar refractivity (Wildman–Crippen MR) is 124 cm³/mol. The third-order valence-electron chi connectivity index (χ3n) is 5.92. The van der Waals surface area contributed by atoms with Crippen molar-refractivity contribution in [2.24, 2.45) is 4.99 Å². The second-order valence-electron chi connectivity index (χ2n) is 8.03. The number of halogens is 2. The summed E-state index contributed by atoms with van der Waals surface area (Å²) in [4.78, 5) is 6.93. The van der Waals surface area contributed by atoms with Crippen molar-refractivity contribution >= 4 is 28.9 Å². The molecule has 4 rings (SSSR count). The van der Waals surface area contributed by atoms with E-state index < -0.39 is 0 Å². The maximum absolute atomic E-state index is 6.80. The van der Waals surface area contributed by atoms with Crippen molar-refractivity contribution in [3.05, 3.63) is 81.6 Å². The van der Waals surface area contributed by atoms with Crippen LogP contribution in [0, 0.1) is 0 Å². The van der Waals surface area contributed by atoms with Gasteiger partial charge in [0.1, 0.15) is 6.10 Å². The summed E-state index contributed by atoms with van der Waals surface area (Å²) >= 11 is 12.6. The van der Waals surface area contributed by atoms with Crippen molar-refractivity contribution in [3.63, 3.8) is 0 Å². The van der Waals surface area contributed by atoms with E-state index in [1.54, 1.807) is 12.3 Å². The van der Waals surface area contributed by atoms with Gasteiger partial charge in [0.2, 0.25) is 0 Å². The molecule has 1 saturated heterocycles. The zero-order valence-electron chi connectivity index (χ0n) is 17.4. The Bertz CT molecular complexity index is 944. The largest absolute Gasteiger partial charge is 0.393 e. The summed E-state index contributed by atoms with van der Waals surface area (Å²) < 4.78 is 6.80. The fraction of sp³-hybridized carbons (Fsp3) is 0.375. The van der Waals surface area contributed by atoms with E-state index in [1.165, 1.54) is 11.1 Å². The molecule has 1 unspecified atom stereocenters. The number of likely N-dealkylation sites (tertiary alicyclic amines) is 1. The third-order valence-corrected chi connectivity index (χ3v) is 6.35. The van der Waals surface area contributed by atoms with Gasteiger partial charge in [-0.3, -0.25) is 9.89 Å². The molecule has 2 aliphatic heterocycles. The molecule has 30 heavy (non-hydrogen) atoms. The van der Waals surface area contributed by atoms with Crippen LogP contribution >= 0.6 is 23.2 Å². The summed E-state index contributed by atoms with van der Waals surface area (Å²) in [5, 5.41) is 4.23. The summed E-state index contributed by atoms with van der Waals surface area (Å²) in [6.07, 6.45) is 5.40. The summed E-state index contributed by atoms with van der Waals surface area (Å²) in [5.41, 5.74) is 4.38. The van der Waals surface area contributed by atoms with E-state index in [4.69, 9.17) is 27.9 Å². The number of hydrogen-bond donors (Lipinski definition) is 1. The topological polar surface area (TPSA) is 36.9 Å². The molecule has 0 amide bonds. The first-order valence-corrected chi connectivity index (χ1v) is 11.1. The van der Waals surface area contributed by atoms with Crippen molar-refractivity contribution < 1.29 is 4.74 Å². The van der Waals surface area contributed by atoms with Gasteiger partial charge in [-0.05, 0) is 54.7 Å². The third kappa shape index (κ3) is 4.42. The molecule has 0 aromatic heterocycles. The molecule has 2 aliphatic rings. The van der Waals surface area contributed by atoms with Gasteiger partial charge >= 0.3 is 0 Å². The number of nitrogens with one attached hydrogen (secondary N) is 1. The van der Waals surface area contributed by atoms with E-state index in [0.717, 1.165) is 43.8 Å². The van der Waals surface area contributed by atoms with E-state index in [-0.39, 0.29) is 11.7 Å². The smallest absolute Gasteiger partial charge is 0.109 e. The average Bonchev–Trinajstić information content (AvgIpc) is 3.04. The van der Waals surface area contributed by atoms with Crippen LogP contribution in [0.25, 0.3) is 0 Å². The Balaban J connectivity index is 1.53. The van der Waals surface area contributed by atoms with Crippen LogP contribution in [-0.4, -0.2) is 37.3 Å². The number of nitrogens with zero attached hydrogens (tertiary/aromatic N) is 2. The zero-order valence-corrected chi connectivity index (χ0v) is 18.9. The Labute approximate surface area is 188 Å². The minimum atomic E-state index is -0.260. The predicted octanol–water partition coefficient (Wildman–Crippen LogP) is 5.56. The number of rotatable bonds is 5. The molecule has 1 spiro atoms. The first-order chi connectivity index (χ1) is 14.5. The lowest BCUT2D eigenvalue weighted by atomic mass is 9.83. The molecule has 158 valence electrons. The van der Waals surface area contributed by atoms with Crippen LogP contribution in [0.2, 0.25) is 10.0 Å². The zero-order chi connectivity index (χ0) is 21.1. The molecule has 6 heteroatoms. The first-order valence-electron chi connectivity index (χ1n) is 10.3. The molecule has 0 radical (unpaired) electrons. The molecule has 2 aromatic rings. The molecule has 0 saturated carbocycles. The van der Waals surface area contributed by atoms with Gasteiger partial charge in [-0.2, -0.15) is 0 Å². The van der Waals surface area contributed by atoms with E-state index in [9.17, 15) is 0 Å². The Hall–Kier alpha value is -1.85. The summed E-state index contributed by atoms with van der Waals surface area (Å²) in [5.74, 6) is 0. The van der Waals surface area contributed by atoms with Crippen LogP contribution in [0.15, 0.2) is 59.9 Å². The lowest BCUT2D eigenvalue weighted by Gasteiger charge is -2.39. The number of hydrogen-bond acceptors (Lipinski definition) is 4. The highest BCUT2D eigenvalue weighted by Gasteiger charge is 2.47. The highest BCUT2D eigenvalue weighted by molar-refractivity contribution is 6.34. The minimum Gasteiger partial charge on any atom is -0.393 e. The highest BCUT2D eigenvalue weighted by atomic mass is 35.5. The van der Waals surface area contributed by atoms with Gasteiger partial charge in [0.05, 0.1) is 5.60 Å². The van der Waals surface area contributed by atoms with E-state index in [0.29, 0.717) is 10.0 Å². The Kier molecular flexibility index (Phi) is 6.49. The van der Waals surface area contributed by atoms with Crippen molar-refractivity contribution in [2.45, 2.75) is 31.5 Å². The van der Waals surface area contributed by atoms with Crippen LogP contribution in [0.4, 0.5) is 0 Å². The lowest BCUT2D eigenvalue weighted by molar-refractivity contribution is -0.0952. The normalized spacial score (nSPS) is 21.3. The standard InChI is InChI=1S/C24H27Cl2N3O/c1-17(28-10-9-27-2)16-29-11-7-24(8-12-29)22-6-4-3-5-21(22)23(30-24)18-13-19(25)15-20(26)14-18/h3-6,9-10,13-15,23,27H,7-8,11-12,16H2,1-2H3/b10-9-,28-17?. The lowest BCUT2D eigenvalue weighted by Crippen LogP contribution is -2.44.